The molecule has 146 valence electrons. The minimum Gasteiger partial charge on any atom is -0.331 e. The summed E-state index contributed by atoms with van der Waals surface area (Å²) in [6, 6.07) is 10.1. The molecule has 1 unspecified atom stereocenters. The van der Waals surface area contributed by atoms with Gasteiger partial charge in [-0.25, -0.2) is 13.2 Å². The Morgan fingerprint density at radius 2 is 1.85 bits per heavy atom. The summed E-state index contributed by atoms with van der Waals surface area (Å²) >= 11 is 0. The number of amides is 2. The standard InChI is InChI=1S/C21H28N2O3S/c1-27(25,26)12-11-19(16-9-10-16)22-21(24)23-14-18(15-7-8-15)13-20(23)17-5-3-2-4-6-17/h2-6,11-12,15-16,18-20H,7-10,13-14H2,1H3,(H,22,24)/b12-11+/t18-,19?,20+/m1/s1. The van der Waals surface area contributed by atoms with Crippen LogP contribution in [0.3, 0.4) is 0 Å². The first-order chi connectivity index (χ1) is 12.9. The monoisotopic (exact) mass is 388 g/mol. The minimum atomic E-state index is -3.19. The van der Waals surface area contributed by atoms with Gasteiger partial charge in [-0.05, 0) is 55.4 Å². The molecule has 5 nitrogen and oxygen atoms in total. The van der Waals surface area contributed by atoms with Crippen LogP contribution in [0.2, 0.25) is 0 Å². The van der Waals surface area contributed by atoms with E-state index in [1.807, 2.05) is 23.1 Å². The molecule has 2 saturated carbocycles. The van der Waals surface area contributed by atoms with Gasteiger partial charge in [0.05, 0.1) is 12.1 Å². The van der Waals surface area contributed by atoms with Gasteiger partial charge < -0.3 is 10.2 Å². The van der Waals surface area contributed by atoms with Crippen molar-refractivity contribution in [3.8, 4) is 0 Å². The molecule has 0 spiro atoms. The topological polar surface area (TPSA) is 66.5 Å². The zero-order chi connectivity index (χ0) is 19.0. The lowest BCUT2D eigenvalue weighted by Gasteiger charge is -2.27. The van der Waals surface area contributed by atoms with Gasteiger partial charge in [0.15, 0.2) is 9.84 Å². The van der Waals surface area contributed by atoms with Gasteiger partial charge in [-0.3, -0.25) is 0 Å². The first-order valence-electron chi connectivity index (χ1n) is 9.91. The second kappa shape index (κ2) is 7.30. The molecule has 4 rings (SSSR count). The van der Waals surface area contributed by atoms with Gasteiger partial charge in [-0.1, -0.05) is 36.4 Å². The lowest BCUT2D eigenvalue weighted by Crippen LogP contribution is -2.45. The molecular formula is C21H28N2O3S. The van der Waals surface area contributed by atoms with Crippen LogP contribution in [0, 0.1) is 17.8 Å². The van der Waals surface area contributed by atoms with Crippen molar-refractivity contribution in [1.82, 2.24) is 10.2 Å². The second-order valence-electron chi connectivity index (χ2n) is 8.38. The van der Waals surface area contributed by atoms with E-state index in [0.29, 0.717) is 11.8 Å². The molecule has 3 atom stereocenters. The van der Waals surface area contributed by atoms with Crippen molar-refractivity contribution in [3.63, 3.8) is 0 Å². The predicted octanol–water partition coefficient (Wildman–Crippen LogP) is 3.51. The van der Waals surface area contributed by atoms with E-state index in [2.05, 4.69) is 17.4 Å². The van der Waals surface area contributed by atoms with E-state index in [1.54, 1.807) is 6.08 Å². The van der Waals surface area contributed by atoms with Gasteiger partial charge in [0, 0.05) is 18.2 Å². The molecule has 1 aliphatic heterocycles. The third-order valence-electron chi connectivity index (χ3n) is 6.02. The largest absolute Gasteiger partial charge is 0.331 e. The highest BCUT2D eigenvalue weighted by Crippen LogP contribution is 2.47. The Kier molecular flexibility index (Phi) is 5.01. The number of carbonyl (C=O) groups excluding carboxylic acids is 1. The van der Waals surface area contributed by atoms with Crippen LogP contribution in [0.4, 0.5) is 4.79 Å². The molecule has 1 aromatic rings. The summed E-state index contributed by atoms with van der Waals surface area (Å²) in [6.45, 7) is 0.795. The summed E-state index contributed by atoms with van der Waals surface area (Å²) in [6.07, 6.45) is 8.48. The fourth-order valence-corrected chi connectivity index (χ4v) is 4.68. The van der Waals surface area contributed by atoms with E-state index in [9.17, 15) is 13.2 Å². The van der Waals surface area contributed by atoms with E-state index >= 15 is 0 Å². The number of urea groups is 1. The highest BCUT2D eigenvalue weighted by molar-refractivity contribution is 7.93. The van der Waals surface area contributed by atoms with Crippen LogP contribution < -0.4 is 5.32 Å². The highest BCUT2D eigenvalue weighted by atomic mass is 32.2. The van der Waals surface area contributed by atoms with E-state index < -0.39 is 9.84 Å². The van der Waals surface area contributed by atoms with Gasteiger partial charge in [0.1, 0.15) is 0 Å². The van der Waals surface area contributed by atoms with Crippen molar-refractivity contribution in [2.75, 3.05) is 12.8 Å². The molecule has 1 N–H and O–H groups in total. The third-order valence-corrected chi connectivity index (χ3v) is 6.67. The molecule has 0 aromatic heterocycles. The van der Waals surface area contributed by atoms with Crippen LogP contribution in [0.25, 0.3) is 0 Å². The first-order valence-corrected chi connectivity index (χ1v) is 11.9. The minimum absolute atomic E-state index is 0.0675. The summed E-state index contributed by atoms with van der Waals surface area (Å²) in [7, 11) is -3.19. The third kappa shape index (κ3) is 4.72. The number of hydrogen-bond acceptors (Lipinski definition) is 3. The average molecular weight is 389 g/mol. The first kappa shape index (κ1) is 18.5. The quantitative estimate of drug-likeness (QED) is 0.811. The van der Waals surface area contributed by atoms with Crippen molar-refractivity contribution in [2.24, 2.45) is 17.8 Å². The number of likely N-dealkylation sites (tertiary alicyclic amines) is 1. The van der Waals surface area contributed by atoms with E-state index in [-0.39, 0.29) is 18.1 Å². The molecule has 27 heavy (non-hydrogen) atoms. The van der Waals surface area contributed by atoms with Gasteiger partial charge >= 0.3 is 6.03 Å². The van der Waals surface area contributed by atoms with Crippen molar-refractivity contribution in [2.45, 2.75) is 44.2 Å². The molecule has 2 amide bonds. The SMILES string of the molecule is CS(=O)(=O)/C=C/C(NC(=O)N1C[C@H](C2CC2)C[C@H]1c1ccccc1)C1CC1. The molecule has 2 aliphatic carbocycles. The van der Waals surface area contributed by atoms with Crippen molar-refractivity contribution in [3.05, 3.63) is 47.4 Å². The smallest absolute Gasteiger partial charge is 0.318 e. The molecule has 1 saturated heterocycles. The number of nitrogens with zero attached hydrogens (tertiary/aromatic N) is 1. The molecule has 6 heteroatoms. The number of carbonyl (C=O) groups is 1. The Bertz CT molecular complexity index is 813. The van der Waals surface area contributed by atoms with E-state index in [4.69, 9.17) is 0 Å². The number of rotatable bonds is 6. The number of sulfone groups is 1. The summed E-state index contributed by atoms with van der Waals surface area (Å²) in [5, 5.41) is 4.33. The fraction of sp³-hybridized carbons (Fsp3) is 0.571. The van der Waals surface area contributed by atoms with Crippen molar-refractivity contribution in [1.29, 1.82) is 0 Å². The summed E-state index contributed by atoms with van der Waals surface area (Å²) in [5.74, 6) is 1.69. The molecule has 0 radical (unpaired) electrons. The van der Waals surface area contributed by atoms with E-state index in [0.717, 1.165) is 31.7 Å². The summed E-state index contributed by atoms with van der Waals surface area (Å²) in [4.78, 5) is 15.1. The Hall–Kier alpha value is -1.82. The molecular weight excluding hydrogens is 360 g/mol. The van der Waals surface area contributed by atoms with Gasteiger partial charge in [0.2, 0.25) is 0 Å². The summed E-state index contributed by atoms with van der Waals surface area (Å²) < 4.78 is 22.9. The zero-order valence-corrected chi connectivity index (χ0v) is 16.6. The second-order valence-corrected chi connectivity index (χ2v) is 10.3. The molecule has 0 bridgehead atoms. The summed E-state index contributed by atoms with van der Waals surface area (Å²) in [5.41, 5.74) is 1.19. The number of benzene rings is 1. The Labute approximate surface area is 161 Å². The highest BCUT2D eigenvalue weighted by Gasteiger charge is 2.43. The predicted molar refractivity (Wildman–Crippen MR) is 106 cm³/mol. The molecule has 3 aliphatic rings. The van der Waals surface area contributed by atoms with Gasteiger partial charge in [-0.15, -0.1) is 0 Å². The van der Waals surface area contributed by atoms with Gasteiger partial charge in [0.25, 0.3) is 0 Å². The zero-order valence-electron chi connectivity index (χ0n) is 15.8. The Morgan fingerprint density at radius 3 is 2.44 bits per heavy atom. The maximum absolute atomic E-state index is 13.1. The Balaban J connectivity index is 1.50. The van der Waals surface area contributed by atoms with Crippen LogP contribution in [0.5, 0.6) is 0 Å². The van der Waals surface area contributed by atoms with Crippen molar-refractivity contribution >= 4 is 15.9 Å². The molecule has 1 aromatic carbocycles. The van der Waals surface area contributed by atoms with E-state index in [1.165, 1.54) is 30.1 Å². The molecule has 3 fully saturated rings. The molecule has 1 heterocycles. The van der Waals surface area contributed by atoms with Crippen LogP contribution in [-0.4, -0.2) is 38.2 Å². The average Bonchev–Trinajstić information content (AvgIpc) is 3.56. The normalized spacial score (nSPS) is 27.1. The van der Waals surface area contributed by atoms with Gasteiger partial charge in [-0.2, -0.15) is 0 Å². The van der Waals surface area contributed by atoms with Crippen molar-refractivity contribution < 1.29 is 13.2 Å². The lowest BCUT2D eigenvalue weighted by molar-refractivity contribution is 0.188. The Morgan fingerprint density at radius 1 is 1.15 bits per heavy atom. The number of hydrogen-bond donors (Lipinski definition) is 1. The van der Waals surface area contributed by atoms with Crippen LogP contribution >= 0.6 is 0 Å². The maximum Gasteiger partial charge on any atom is 0.318 e. The lowest BCUT2D eigenvalue weighted by atomic mass is 9.96. The van der Waals surface area contributed by atoms with Crippen LogP contribution in [0.1, 0.15) is 43.7 Å². The number of nitrogens with one attached hydrogen (secondary N) is 1. The fourth-order valence-electron chi connectivity index (χ4n) is 4.22. The van der Waals surface area contributed by atoms with Crippen LogP contribution in [-0.2, 0) is 9.84 Å². The maximum atomic E-state index is 13.1. The van der Waals surface area contributed by atoms with Crippen LogP contribution in [0.15, 0.2) is 41.8 Å².